The van der Waals surface area contributed by atoms with Crippen LogP contribution in [0.3, 0.4) is 0 Å². The lowest BCUT2D eigenvalue weighted by Crippen LogP contribution is -2.43. The van der Waals surface area contributed by atoms with Crippen LogP contribution in [0.5, 0.6) is 5.75 Å². The maximum atomic E-state index is 11.7. The number of benzene rings is 1. The third-order valence-corrected chi connectivity index (χ3v) is 3.45. The molecular formula is C15H18BrNO4. The molecule has 21 heavy (non-hydrogen) atoms. The fourth-order valence-electron chi connectivity index (χ4n) is 1.67. The topological polar surface area (TPSA) is 75.6 Å². The van der Waals surface area contributed by atoms with Crippen molar-refractivity contribution >= 4 is 33.9 Å². The van der Waals surface area contributed by atoms with Crippen LogP contribution in [-0.4, -0.2) is 30.1 Å². The van der Waals surface area contributed by atoms with Crippen LogP contribution in [0.25, 0.3) is 6.08 Å². The van der Waals surface area contributed by atoms with Gasteiger partial charge >= 0.3 is 5.97 Å². The Morgan fingerprint density at radius 3 is 2.52 bits per heavy atom. The zero-order valence-corrected chi connectivity index (χ0v) is 13.7. The van der Waals surface area contributed by atoms with E-state index in [9.17, 15) is 9.59 Å². The largest absolute Gasteiger partial charge is 0.496 e. The number of amides is 1. The zero-order chi connectivity index (χ0) is 16.0. The molecule has 114 valence electrons. The van der Waals surface area contributed by atoms with E-state index in [2.05, 4.69) is 21.2 Å². The summed E-state index contributed by atoms with van der Waals surface area (Å²) in [4.78, 5) is 22.8. The number of aliphatic carboxylic acids is 1. The summed E-state index contributed by atoms with van der Waals surface area (Å²) < 4.78 is 5.89. The van der Waals surface area contributed by atoms with Gasteiger partial charge in [0.2, 0.25) is 5.91 Å². The molecule has 1 aromatic rings. The predicted octanol–water partition coefficient (Wildman–Crippen LogP) is 2.70. The maximum absolute atomic E-state index is 11.7. The van der Waals surface area contributed by atoms with Crippen molar-refractivity contribution in [3.8, 4) is 5.75 Å². The molecule has 1 aromatic carbocycles. The number of nitrogens with one attached hydrogen (secondary N) is 1. The van der Waals surface area contributed by atoms with Gasteiger partial charge < -0.3 is 15.2 Å². The average molecular weight is 356 g/mol. The summed E-state index contributed by atoms with van der Waals surface area (Å²) in [5.74, 6) is -0.973. The molecule has 0 saturated heterocycles. The number of ether oxygens (including phenoxy) is 1. The van der Waals surface area contributed by atoms with Crippen LogP contribution >= 0.6 is 15.9 Å². The van der Waals surface area contributed by atoms with Gasteiger partial charge in [-0.15, -0.1) is 0 Å². The predicted molar refractivity (Wildman–Crippen MR) is 84.1 cm³/mol. The van der Waals surface area contributed by atoms with Gasteiger partial charge in [-0.1, -0.05) is 19.9 Å². The SMILES string of the molecule is COc1ccc(/C=C/C(=O)N[C@H](C(=O)O)C(C)C)cc1Br. The van der Waals surface area contributed by atoms with Gasteiger partial charge in [0.1, 0.15) is 11.8 Å². The molecule has 1 rings (SSSR count). The first-order chi connectivity index (χ1) is 9.85. The number of hydrogen-bond donors (Lipinski definition) is 2. The van der Waals surface area contributed by atoms with E-state index in [4.69, 9.17) is 9.84 Å². The summed E-state index contributed by atoms with van der Waals surface area (Å²) in [7, 11) is 1.57. The third-order valence-electron chi connectivity index (χ3n) is 2.83. The summed E-state index contributed by atoms with van der Waals surface area (Å²) in [5, 5.41) is 11.5. The molecule has 0 bridgehead atoms. The van der Waals surface area contributed by atoms with Crippen molar-refractivity contribution in [3.63, 3.8) is 0 Å². The molecule has 1 atom stereocenters. The fourth-order valence-corrected chi connectivity index (χ4v) is 2.23. The Morgan fingerprint density at radius 1 is 1.38 bits per heavy atom. The number of rotatable bonds is 6. The first-order valence-corrected chi connectivity index (χ1v) is 7.19. The molecular weight excluding hydrogens is 338 g/mol. The Kier molecular flexibility index (Phi) is 6.42. The third kappa shape index (κ3) is 5.23. The van der Waals surface area contributed by atoms with E-state index in [1.165, 1.54) is 6.08 Å². The van der Waals surface area contributed by atoms with E-state index in [1.54, 1.807) is 45.2 Å². The highest BCUT2D eigenvalue weighted by Gasteiger charge is 2.22. The number of carbonyl (C=O) groups is 2. The summed E-state index contributed by atoms with van der Waals surface area (Å²) >= 11 is 3.36. The normalized spacial score (nSPS) is 12.4. The quantitative estimate of drug-likeness (QED) is 0.769. The minimum atomic E-state index is -1.04. The zero-order valence-electron chi connectivity index (χ0n) is 12.1. The highest BCUT2D eigenvalue weighted by atomic mass is 79.9. The van der Waals surface area contributed by atoms with E-state index in [-0.39, 0.29) is 5.92 Å². The summed E-state index contributed by atoms with van der Waals surface area (Å²) in [6, 6.07) is 4.48. The van der Waals surface area contributed by atoms with Gasteiger partial charge in [-0.3, -0.25) is 4.79 Å². The van der Waals surface area contributed by atoms with Gasteiger partial charge in [-0.2, -0.15) is 0 Å². The van der Waals surface area contributed by atoms with E-state index >= 15 is 0 Å². The Bertz CT molecular complexity index is 555. The molecule has 2 N–H and O–H groups in total. The highest BCUT2D eigenvalue weighted by molar-refractivity contribution is 9.10. The van der Waals surface area contributed by atoms with Gasteiger partial charge in [0.25, 0.3) is 0 Å². The molecule has 1 amide bonds. The van der Waals surface area contributed by atoms with Gasteiger partial charge in [0.15, 0.2) is 0 Å². The molecule has 0 fully saturated rings. The molecule has 0 unspecified atom stereocenters. The molecule has 0 spiro atoms. The Labute approximate surface area is 132 Å². The van der Waals surface area contributed by atoms with Crippen molar-refractivity contribution < 1.29 is 19.4 Å². The lowest BCUT2D eigenvalue weighted by molar-refractivity contribution is -0.142. The lowest BCUT2D eigenvalue weighted by atomic mass is 10.0. The van der Waals surface area contributed by atoms with Crippen molar-refractivity contribution in [1.29, 1.82) is 0 Å². The van der Waals surface area contributed by atoms with Crippen molar-refractivity contribution in [3.05, 3.63) is 34.3 Å². The van der Waals surface area contributed by atoms with E-state index in [0.717, 1.165) is 10.0 Å². The Balaban J connectivity index is 2.74. The van der Waals surface area contributed by atoms with Gasteiger partial charge in [0, 0.05) is 6.08 Å². The second kappa shape index (κ2) is 7.83. The molecule has 0 aliphatic heterocycles. The lowest BCUT2D eigenvalue weighted by Gasteiger charge is -2.16. The second-order valence-electron chi connectivity index (χ2n) is 4.80. The number of methoxy groups -OCH3 is 1. The van der Waals surface area contributed by atoms with Gasteiger partial charge in [-0.05, 0) is 45.6 Å². The second-order valence-corrected chi connectivity index (χ2v) is 5.65. The number of hydrogen-bond acceptors (Lipinski definition) is 3. The minimum absolute atomic E-state index is 0.185. The molecule has 0 aliphatic carbocycles. The van der Waals surface area contributed by atoms with Crippen molar-refractivity contribution in [2.45, 2.75) is 19.9 Å². The maximum Gasteiger partial charge on any atom is 0.326 e. The summed E-state index contributed by atoms with van der Waals surface area (Å²) in [6.45, 7) is 3.48. The molecule has 0 aromatic heterocycles. The van der Waals surface area contributed by atoms with Crippen LogP contribution in [0.4, 0.5) is 0 Å². The van der Waals surface area contributed by atoms with Crippen LogP contribution < -0.4 is 10.1 Å². The van der Waals surface area contributed by atoms with Crippen molar-refractivity contribution in [2.75, 3.05) is 7.11 Å². The number of halogens is 1. The van der Waals surface area contributed by atoms with Crippen LogP contribution in [0, 0.1) is 5.92 Å². The number of carboxylic acids is 1. The molecule has 0 aliphatic rings. The van der Waals surface area contributed by atoms with Crippen molar-refractivity contribution in [1.82, 2.24) is 5.32 Å². The van der Waals surface area contributed by atoms with Gasteiger partial charge in [-0.25, -0.2) is 4.79 Å². The van der Waals surface area contributed by atoms with Gasteiger partial charge in [0.05, 0.1) is 11.6 Å². The fraction of sp³-hybridized carbons (Fsp3) is 0.333. The number of carboxylic acid groups (broad SMARTS) is 1. The molecule has 5 nitrogen and oxygen atoms in total. The standard InChI is InChI=1S/C15H18BrNO4/c1-9(2)14(15(19)20)17-13(18)7-5-10-4-6-12(21-3)11(16)8-10/h4-9,14H,1-3H3,(H,17,18)(H,19,20)/b7-5+/t14-/m0/s1. The first-order valence-electron chi connectivity index (χ1n) is 6.40. The number of carbonyl (C=O) groups excluding carboxylic acids is 1. The molecule has 6 heteroatoms. The van der Waals surface area contributed by atoms with Crippen molar-refractivity contribution in [2.24, 2.45) is 5.92 Å². The summed E-state index contributed by atoms with van der Waals surface area (Å²) in [5.41, 5.74) is 0.800. The Morgan fingerprint density at radius 2 is 2.05 bits per heavy atom. The van der Waals surface area contributed by atoms with E-state index < -0.39 is 17.9 Å². The summed E-state index contributed by atoms with van der Waals surface area (Å²) in [6.07, 6.45) is 2.92. The average Bonchev–Trinajstić information content (AvgIpc) is 2.42. The monoisotopic (exact) mass is 355 g/mol. The highest BCUT2D eigenvalue weighted by Crippen LogP contribution is 2.25. The first kappa shape index (κ1) is 17.2. The van der Waals surface area contributed by atoms with Crippen LogP contribution in [0.15, 0.2) is 28.7 Å². The molecule has 0 heterocycles. The van der Waals surface area contributed by atoms with Crippen LogP contribution in [0.1, 0.15) is 19.4 Å². The molecule has 0 radical (unpaired) electrons. The van der Waals surface area contributed by atoms with E-state index in [0.29, 0.717) is 5.75 Å². The minimum Gasteiger partial charge on any atom is -0.496 e. The van der Waals surface area contributed by atoms with E-state index in [1.807, 2.05) is 0 Å². The molecule has 0 saturated carbocycles. The smallest absolute Gasteiger partial charge is 0.326 e. The van der Waals surface area contributed by atoms with Crippen LogP contribution in [0.2, 0.25) is 0 Å². The van der Waals surface area contributed by atoms with Crippen LogP contribution in [-0.2, 0) is 9.59 Å². The Hall–Kier alpha value is -1.82.